The molecule has 2 aromatic heterocycles. The van der Waals surface area contributed by atoms with Gasteiger partial charge in [0.2, 0.25) is 4.96 Å². The maximum Gasteiger partial charge on any atom is 0.262 e. The van der Waals surface area contributed by atoms with E-state index in [1.807, 2.05) is 56.3 Å². The Morgan fingerprint density at radius 1 is 1.17 bits per heavy atom. The standard InChI is InChI=1S/C22H23N5O2S/c1-4-6-19-24-25-22-27(19)26-21(30-22)16-7-5-8-17(12-16)23-20(28)13-29-18-10-9-14(2)11-15(18)3/h5,7-12H,4,6,13H2,1-3H3,(H,23,28). The Morgan fingerprint density at radius 2 is 2.03 bits per heavy atom. The lowest BCUT2D eigenvalue weighted by Gasteiger charge is -2.10. The summed E-state index contributed by atoms with van der Waals surface area (Å²) in [6.45, 7) is 6.04. The molecule has 0 unspecified atom stereocenters. The Bertz CT molecular complexity index is 1200. The number of amides is 1. The van der Waals surface area contributed by atoms with Crippen LogP contribution in [0.15, 0.2) is 42.5 Å². The van der Waals surface area contributed by atoms with E-state index in [1.54, 1.807) is 4.52 Å². The number of anilines is 1. The van der Waals surface area contributed by atoms with E-state index in [2.05, 4.69) is 27.5 Å². The second-order valence-corrected chi connectivity index (χ2v) is 8.11. The number of nitrogens with one attached hydrogen (secondary N) is 1. The van der Waals surface area contributed by atoms with Crippen LogP contribution in [0.2, 0.25) is 0 Å². The largest absolute Gasteiger partial charge is 0.483 e. The van der Waals surface area contributed by atoms with Crippen LogP contribution in [0.1, 0.15) is 30.3 Å². The van der Waals surface area contributed by atoms with Crippen molar-refractivity contribution in [2.45, 2.75) is 33.6 Å². The van der Waals surface area contributed by atoms with Gasteiger partial charge in [0.05, 0.1) is 0 Å². The molecule has 0 fully saturated rings. The van der Waals surface area contributed by atoms with Crippen molar-refractivity contribution in [1.29, 1.82) is 0 Å². The van der Waals surface area contributed by atoms with E-state index in [4.69, 9.17) is 4.74 Å². The minimum atomic E-state index is -0.213. The number of benzene rings is 2. The van der Waals surface area contributed by atoms with Crippen molar-refractivity contribution in [3.05, 3.63) is 59.4 Å². The Kier molecular flexibility index (Phi) is 5.76. The first kappa shape index (κ1) is 20.0. The molecular weight excluding hydrogens is 398 g/mol. The molecule has 0 aliphatic rings. The Morgan fingerprint density at radius 3 is 2.83 bits per heavy atom. The van der Waals surface area contributed by atoms with E-state index >= 15 is 0 Å². The summed E-state index contributed by atoms with van der Waals surface area (Å²) in [5.41, 5.74) is 3.78. The number of fused-ring (bicyclic) bond motifs is 1. The van der Waals surface area contributed by atoms with Crippen LogP contribution >= 0.6 is 11.3 Å². The molecule has 0 radical (unpaired) electrons. The third-order valence-corrected chi connectivity index (χ3v) is 5.56. The number of carbonyl (C=O) groups is 1. The number of hydrogen-bond donors (Lipinski definition) is 1. The van der Waals surface area contributed by atoms with Gasteiger partial charge < -0.3 is 10.1 Å². The lowest BCUT2D eigenvalue weighted by atomic mass is 10.1. The minimum absolute atomic E-state index is 0.0503. The third-order valence-electron chi connectivity index (χ3n) is 4.61. The van der Waals surface area contributed by atoms with Gasteiger partial charge in [0, 0.05) is 17.7 Å². The number of carbonyl (C=O) groups excluding carboxylic acids is 1. The molecule has 0 saturated carbocycles. The molecule has 0 bridgehead atoms. The molecule has 1 amide bonds. The molecule has 7 nitrogen and oxygen atoms in total. The quantitative estimate of drug-likeness (QED) is 0.477. The average molecular weight is 422 g/mol. The van der Waals surface area contributed by atoms with Gasteiger partial charge in [-0.2, -0.15) is 9.61 Å². The normalized spacial score (nSPS) is 11.0. The second-order valence-electron chi connectivity index (χ2n) is 7.15. The van der Waals surface area contributed by atoms with Crippen LogP contribution < -0.4 is 10.1 Å². The number of rotatable bonds is 7. The molecule has 2 aromatic carbocycles. The first-order valence-corrected chi connectivity index (χ1v) is 10.7. The highest BCUT2D eigenvalue weighted by Gasteiger charge is 2.13. The van der Waals surface area contributed by atoms with E-state index in [0.717, 1.165) is 45.3 Å². The third kappa shape index (κ3) is 4.33. The highest BCUT2D eigenvalue weighted by molar-refractivity contribution is 7.19. The van der Waals surface area contributed by atoms with E-state index in [-0.39, 0.29) is 12.5 Å². The predicted molar refractivity (Wildman–Crippen MR) is 118 cm³/mol. The molecular formula is C22H23N5O2S. The lowest BCUT2D eigenvalue weighted by Crippen LogP contribution is -2.20. The Labute approximate surface area is 178 Å². The summed E-state index contributed by atoms with van der Waals surface area (Å²) in [5, 5.41) is 16.8. The summed E-state index contributed by atoms with van der Waals surface area (Å²) in [6, 6.07) is 13.5. The lowest BCUT2D eigenvalue weighted by molar-refractivity contribution is -0.118. The van der Waals surface area contributed by atoms with E-state index in [9.17, 15) is 4.79 Å². The predicted octanol–water partition coefficient (Wildman–Crippen LogP) is 4.44. The fourth-order valence-electron chi connectivity index (χ4n) is 3.19. The van der Waals surface area contributed by atoms with Crippen molar-refractivity contribution < 1.29 is 9.53 Å². The van der Waals surface area contributed by atoms with E-state index in [1.165, 1.54) is 11.3 Å². The van der Waals surface area contributed by atoms with Gasteiger partial charge in [-0.15, -0.1) is 10.2 Å². The number of aromatic nitrogens is 4. The van der Waals surface area contributed by atoms with Crippen LogP contribution in [0.25, 0.3) is 15.5 Å². The molecule has 8 heteroatoms. The van der Waals surface area contributed by atoms with Gasteiger partial charge in [0.25, 0.3) is 5.91 Å². The highest BCUT2D eigenvalue weighted by atomic mass is 32.1. The van der Waals surface area contributed by atoms with Crippen LogP contribution in [0.3, 0.4) is 0 Å². The summed E-state index contributed by atoms with van der Waals surface area (Å²) in [4.78, 5) is 13.1. The minimum Gasteiger partial charge on any atom is -0.483 e. The molecule has 0 saturated heterocycles. The van der Waals surface area contributed by atoms with Gasteiger partial charge in [0.15, 0.2) is 12.4 Å². The highest BCUT2D eigenvalue weighted by Crippen LogP contribution is 2.27. The second kappa shape index (κ2) is 8.62. The molecule has 2 heterocycles. The Balaban J connectivity index is 1.45. The van der Waals surface area contributed by atoms with Crippen molar-refractivity contribution in [2.24, 2.45) is 0 Å². The Hall–Kier alpha value is -3.26. The molecule has 1 N–H and O–H groups in total. The van der Waals surface area contributed by atoms with Gasteiger partial charge in [0.1, 0.15) is 10.8 Å². The first-order valence-electron chi connectivity index (χ1n) is 9.85. The summed E-state index contributed by atoms with van der Waals surface area (Å²) in [7, 11) is 0. The zero-order valence-corrected chi connectivity index (χ0v) is 18.0. The zero-order valence-electron chi connectivity index (χ0n) is 17.2. The van der Waals surface area contributed by atoms with Crippen LogP contribution in [0, 0.1) is 13.8 Å². The number of nitrogens with zero attached hydrogens (tertiary/aromatic N) is 4. The monoisotopic (exact) mass is 421 g/mol. The van der Waals surface area contributed by atoms with Crippen molar-refractivity contribution in [3.8, 4) is 16.3 Å². The smallest absolute Gasteiger partial charge is 0.262 e. The average Bonchev–Trinajstić information content (AvgIpc) is 3.30. The van der Waals surface area contributed by atoms with Gasteiger partial charge in [-0.1, -0.05) is 48.1 Å². The maximum absolute atomic E-state index is 12.4. The molecule has 30 heavy (non-hydrogen) atoms. The molecule has 154 valence electrons. The van der Waals surface area contributed by atoms with Crippen molar-refractivity contribution in [3.63, 3.8) is 0 Å². The van der Waals surface area contributed by atoms with Crippen molar-refractivity contribution in [1.82, 2.24) is 19.8 Å². The van der Waals surface area contributed by atoms with Crippen LogP contribution in [-0.2, 0) is 11.2 Å². The van der Waals surface area contributed by atoms with E-state index in [0.29, 0.717) is 11.4 Å². The van der Waals surface area contributed by atoms with Crippen molar-refractivity contribution in [2.75, 3.05) is 11.9 Å². The van der Waals surface area contributed by atoms with Crippen LogP contribution in [-0.4, -0.2) is 32.3 Å². The molecule has 4 rings (SSSR count). The van der Waals surface area contributed by atoms with Crippen molar-refractivity contribution >= 4 is 27.9 Å². The molecule has 4 aromatic rings. The van der Waals surface area contributed by atoms with Gasteiger partial charge in [-0.25, -0.2) is 0 Å². The molecule has 0 spiro atoms. The molecule has 0 aliphatic carbocycles. The number of aryl methyl sites for hydroxylation is 3. The fourth-order valence-corrected chi connectivity index (χ4v) is 4.04. The van der Waals surface area contributed by atoms with E-state index < -0.39 is 0 Å². The van der Waals surface area contributed by atoms with Gasteiger partial charge >= 0.3 is 0 Å². The zero-order chi connectivity index (χ0) is 21.1. The van der Waals surface area contributed by atoms with Gasteiger partial charge in [-0.3, -0.25) is 4.79 Å². The summed E-state index contributed by atoms with van der Waals surface area (Å²) in [5.74, 6) is 1.37. The molecule has 0 atom stereocenters. The van der Waals surface area contributed by atoms with Crippen LogP contribution in [0.5, 0.6) is 5.75 Å². The maximum atomic E-state index is 12.4. The van der Waals surface area contributed by atoms with Gasteiger partial charge in [-0.05, 0) is 44.0 Å². The number of hydrogen-bond acceptors (Lipinski definition) is 6. The molecule has 0 aliphatic heterocycles. The topological polar surface area (TPSA) is 81.4 Å². The summed E-state index contributed by atoms with van der Waals surface area (Å²) in [6.07, 6.45) is 1.82. The van der Waals surface area contributed by atoms with Crippen LogP contribution in [0.4, 0.5) is 5.69 Å². The fraction of sp³-hybridized carbons (Fsp3) is 0.273. The SMILES string of the molecule is CCCc1nnc2sc(-c3cccc(NC(=O)COc4ccc(C)cc4C)c3)nn12. The number of ether oxygens (including phenoxy) is 1. The first-order chi connectivity index (χ1) is 14.5. The summed E-state index contributed by atoms with van der Waals surface area (Å²) >= 11 is 1.48. The summed E-state index contributed by atoms with van der Waals surface area (Å²) < 4.78 is 7.46.